The van der Waals surface area contributed by atoms with E-state index in [1.54, 1.807) is 0 Å². The van der Waals surface area contributed by atoms with Crippen molar-refractivity contribution in [1.29, 1.82) is 0 Å². The molecule has 1 rings (SSSR count). The van der Waals surface area contributed by atoms with Crippen molar-refractivity contribution in [3.05, 3.63) is 11.1 Å². The Hall–Kier alpha value is 0.140. The lowest BCUT2D eigenvalue weighted by Gasteiger charge is -2.14. The van der Waals surface area contributed by atoms with Gasteiger partial charge in [0, 0.05) is 17.6 Å². The lowest BCUT2D eigenvalue weighted by atomic mass is 10.1. The van der Waals surface area contributed by atoms with Gasteiger partial charge in [-0.3, -0.25) is 0 Å². The molecule has 1 aliphatic rings. The van der Waals surface area contributed by atoms with Gasteiger partial charge in [0.1, 0.15) is 0 Å². The van der Waals surface area contributed by atoms with Crippen molar-refractivity contribution < 1.29 is 5.11 Å². The van der Waals surface area contributed by atoms with E-state index in [-0.39, 0.29) is 6.10 Å². The topological polar surface area (TPSA) is 32.3 Å². The van der Waals surface area contributed by atoms with Crippen LogP contribution in [0.3, 0.4) is 0 Å². The highest BCUT2D eigenvalue weighted by atomic mass is 79.9. The summed E-state index contributed by atoms with van der Waals surface area (Å²) in [6.45, 7) is 5.43. The lowest BCUT2D eigenvalue weighted by Crippen LogP contribution is -2.28. The largest absolute Gasteiger partial charge is 0.393 e. The molecule has 0 aromatic heterocycles. The van der Waals surface area contributed by atoms with E-state index in [4.69, 9.17) is 0 Å². The van der Waals surface area contributed by atoms with Gasteiger partial charge in [-0.15, -0.1) is 0 Å². The fourth-order valence-electron chi connectivity index (χ4n) is 1.65. The third-order valence-electron chi connectivity index (χ3n) is 2.34. The van der Waals surface area contributed by atoms with Gasteiger partial charge in [-0.25, -0.2) is 0 Å². The van der Waals surface area contributed by atoms with Gasteiger partial charge in [-0.1, -0.05) is 28.9 Å². The first kappa shape index (κ1) is 10.2. The summed E-state index contributed by atoms with van der Waals surface area (Å²) in [6, 6.07) is 0. The number of hydrogen-bond donors (Lipinski definition) is 2. The second-order valence-electron chi connectivity index (χ2n) is 3.41. The zero-order valence-corrected chi connectivity index (χ0v) is 8.81. The minimum Gasteiger partial charge on any atom is -0.393 e. The fourth-order valence-corrected chi connectivity index (χ4v) is 1.85. The van der Waals surface area contributed by atoms with Gasteiger partial charge in [0.15, 0.2) is 0 Å². The van der Waals surface area contributed by atoms with Crippen LogP contribution in [-0.4, -0.2) is 24.3 Å². The van der Waals surface area contributed by atoms with Crippen LogP contribution in [0.5, 0.6) is 0 Å². The van der Waals surface area contributed by atoms with Crippen LogP contribution in [0, 0.1) is 5.92 Å². The van der Waals surface area contributed by atoms with E-state index in [0.717, 1.165) is 30.4 Å². The van der Waals surface area contributed by atoms with Gasteiger partial charge in [0.25, 0.3) is 0 Å². The van der Waals surface area contributed by atoms with E-state index in [1.165, 1.54) is 6.42 Å². The van der Waals surface area contributed by atoms with Crippen molar-refractivity contribution in [1.82, 2.24) is 5.32 Å². The molecular weight excluding hydrogens is 218 g/mol. The average molecular weight is 234 g/mol. The summed E-state index contributed by atoms with van der Waals surface area (Å²) < 4.78 is 0.968. The standard InChI is InChI=1S/C9H16BrNO/c1-7(10)5-11-6-8-3-2-4-9(8)12/h8-9,11-12H,1-6H2. The zero-order valence-electron chi connectivity index (χ0n) is 7.22. The van der Waals surface area contributed by atoms with Crippen LogP contribution in [0.25, 0.3) is 0 Å². The maximum atomic E-state index is 9.48. The lowest BCUT2D eigenvalue weighted by molar-refractivity contribution is 0.132. The van der Waals surface area contributed by atoms with Crippen molar-refractivity contribution in [3.8, 4) is 0 Å². The summed E-state index contributed by atoms with van der Waals surface area (Å²) in [5.74, 6) is 0.455. The first-order valence-corrected chi connectivity index (χ1v) is 5.21. The Morgan fingerprint density at radius 1 is 1.58 bits per heavy atom. The quantitative estimate of drug-likeness (QED) is 0.775. The first-order valence-electron chi connectivity index (χ1n) is 4.42. The molecule has 70 valence electrons. The minimum atomic E-state index is -0.0823. The van der Waals surface area contributed by atoms with Gasteiger partial charge >= 0.3 is 0 Å². The molecule has 1 fully saturated rings. The summed E-state index contributed by atoms with van der Waals surface area (Å²) in [7, 11) is 0. The van der Waals surface area contributed by atoms with Gasteiger partial charge in [-0.05, 0) is 18.8 Å². The van der Waals surface area contributed by atoms with Crippen LogP contribution in [0.2, 0.25) is 0 Å². The van der Waals surface area contributed by atoms with Crippen LogP contribution in [0.15, 0.2) is 11.1 Å². The Bertz CT molecular complexity index is 161. The maximum Gasteiger partial charge on any atom is 0.0580 e. The fraction of sp³-hybridized carbons (Fsp3) is 0.778. The molecule has 12 heavy (non-hydrogen) atoms. The van der Waals surface area contributed by atoms with E-state index < -0.39 is 0 Å². The smallest absolute Gasteiger partial charge is 0.0580 e. The summed E-state index contributed by atoms with van der Waals surface area (Å²) in [5.41, 5.74) is 0. The highest BCUT2D eigenvalue weighted by molar-refractivity contribution is 9.11. The number of hydrogen-bond acceptors (Lipinski definition) is 2. The van der Waals surface area contributed by atoms with E-state index in [2.05, 4.69) is 27.8 Å². The molecule has 0 aromatic rings. The van der Waals surface area contributed by atoms with E-state index in [9.17, 15) is 5.11 Å². The maximum absolute atomic E-state index is 9.48. The second kappa shape index (κ2) is 5.00. The van der Waals surface area contributed by atoms with E-state index in [0.29, 0.717) is 5.92 Å². The Kier molecular flexibility index (Phi) is 4.26. The third-order valence-corrected chi connectivity index (χ3v) is 2.62. The van der Waals surface area contributed by atoms with E-state index >= 15 is 0 Å². The molecule has 2 nitrogen and oxygen atoms in total. The number of nitrogens with one attached hydrogen (secondary N) is 1. The minimum absolute atomic E-state index is 0.0823. The Labute approximate surface area is 82.2 Å². The van der Waals surface area contributed by atoms with E-state index in [1.807, 2.05) is 0 Å². The molecule has 3 heteroatoms. The summed E-state index contributed by atoms with van der Waals surface area (Å²) >= 11 is 3.28. The molecule has 1 saturated carbocycles. The van der Waals surface area contributed by atoms with Gasteiger partial charge in [0.2, 0.25) is 0 Å². The van der Waals surface area contributed by atoms with Crippen molar-refractivity contribution in [2.75, 3.05) is 13.1 Å². The van der Waals surface area contributed by atoms with Crippen LogP contribution in [-0.2, 0) is 0 Å². The monoisotopic (exact) mass is 233 g/mol. The Morgan fingerprint density at radius 2 is 2.33 bits per heavy atom. The van der Waals surface area contributed by atoms with Crippen molar-refractivity contribution in [2.24, 2.45) is 5.92 Å². The van der Waals surface area contributed by atoms with Crippen molar-refractivity contribution in [3.63, 3.8) is 0 Å². The molecule has 0 saturated heterocycles. The molecule has 0 heterocycles. The number of rotatable bonds is 4. The average Bonchev–Trinajstić information content (AvgIpc) is 2.36. The van der Waals surface area contributed by atoms with Crippen LogP contribution in [0.1, 0.15) is 19.3 Å². The number of aliphatic hydroxyl groups excluding tert-OH is 1. The SMILES string of the molecule is C=C(Br)CNCC1CCCC1O. The molecular formula is C9H16BrNO. The second-order valence-corrected chi connectivity index (χ2v) is 4.53. The molecule has 2 atom stereocenters. The number of halogens is 1. The predicted molar refractivity (Wildman–Crippen MR) is 54.3 cm³/mol. The van der Waals surface area contributed by atoms with Crippen molar-refractivity contribution in [2.45, 2.75) is 25.4 Å². The highest BCUT2D eigenvalue weighted by Gasteiger charge is 2.24. The Balaban J connectivity index is 2.10. The van der Waals surface area contributed by atoms with Crippen molar-refractivity contribution >= 4 is 15.9 Å². The molecule has 0 radical (unpaired) electrons. The zero-order chi connectivity index (χ0) is 8.97. The molecule has 0 spiro atoms. The predicted octanol–water partition coefficient (Wildman–Crippen LogP) is 1.65. The molecule has 0 aliphatic heterocycles. The number of aliphatic hydroxyl groups is 1. The molecule has 1 aliphatic carbocycles. The molecule has 0 aromatic carbocycles. The summed E-state index contributed by atoms with van der Waals surface area (Å²) in [6.07, 6.45) is 3.22. The molecule has 2 unspecified atom stereocenters. The first-order chi connectivity index (χ1) is 5.70. The van der Waals surface area contributed by atoms with Crippen LogP contribution < -0.4 is 5.32 Å². The van der Waals surface area contributed by atoms with Gasteiger partial charge < -0.3 is 10.4 Å². The molecule has 0 bridgehead atoms. The molecule has 2 N–H and O–H groups in total. The summed E-state index contributed by atoms with van der Waals surface area (Å²) in [5, 5.41) is 12.7. The summed E-state index contributed by atoms with van der Waals surface area (Å²) in [4.78, 5) is 0. The van der Waals surface area contributed by atoms with Crippen LogP contribution >= 0.6 is 15.9 Å². The highest BCUT2D eigenvalue weighted by Crippen LogP contribution is 2.24. The normalized spacial score (nSPS) is 29.2. The van der Waals surface area contributed by atoms with Gasteiger partial charge in [-0.2, -0.15) is 0 Å². The van der Waals surface area contributed by atoms with Gasteiger partial charge in [0.05, 0.1) is 6.10 Å². The van der Waals surface area contributed by atoms with Crippen LogP contribution in [0.4, 0.5) is 0 Å². The Morgan fingerprint density at radius 3 is 2.83 bits per heavy atom. The third kappa shape index (κ3) is 3.25. The molecule has 0 amide bonds.